The Balaban J connectivity index is 1.57. The number of rotatable bonds is 11. The Hall–Kier alpha value is -3.74. The third-order valence-corrected chi connectivity index (χ3v) is 7.58. The number of fused-ring (bicyclic) bond motifs is 1. The van der Waals surface area contributed by atoms with Gasteiger partial charge in [0, 0.05) is 32.5 Å². The first kappa shape index (κ1) is 28.3. The van der Waals surface area contributed by atoms with Crippen LogP contribution < -0.4 is 5.32 Å². The van der Waals surface area contributed by atoms with Crippen molar-refractivity contribution in [2.75, 3.05) is 13.1 Å². The molecule has 7 nitrogen and oxygen atoms in total. The van der Waals surface area contributed by atoms with Crippen molar-refractivity contribution in [3.05, 3.63) is 83.4 Å². The number of allylic oxidation sites excluding steroid dienone is 2. The number of hydrogen-bond acceptors (Lipinski definition) is 4. The molecule has 4 rings (SSSR count). The second-order valence-corrected chi connectivity index (χ2v) is 11.1. The van der Waals surface area contributed by atoms with Gasteiger partial charge < -0.3 is 10.2 Å². The first-order valence-corrected chi connectivity index (χ1v) is 13.9. The van der Waals surface area contributed by atoms with Gasteiger partial charge in [-0.25, -0.2) is 0 Å². The Morgan fingerprint density at radius 3 is 2.13 bits per heavy atom. The molecule has 1 aliphatic carbocycles. The molecule has 0 saturated carbocycles. The predicted octanol–water partition coefficient (Wildman–Crippen LogP) is 4.05. The van der Waals surface area contributed by atoms with E-state index >= 15 is 0 Å². The number of hydrogen-bond donors (Lipinski definition) is 1. The Kier molecular flexibility index (Phi) is 9.33. The average Bonchev–Trinajstić information content (AvgIpc) is 3.18. The number of aryl methyl sites for hydroxylation is 1. The largest absolute Gasteiger partial charge is 0.354 e. The number of carbonyl (C=O) groups is 4. The van der Waals surface area contributed by atoms with Crippen molar-refractivity contribution in [2.24, 2.45) is 17.8 Å². The summed E-state index contributed by atoms with van der Waals surface area (Å²) in [5.41, 5.74) is 2.97. The summed E-state index contributed by atoms with van der Waals surface area (Å²) < 4.78 is 0. The van der Waals surface area contributed by atoms with E-state index in [1.807, 2.05) is 87.5 Å². The minimum Gasteiger partial charge on any atom is -0.354 e. The topological polar surface area (TPSA) is 86.8 Å². The van der Waals surface area contributed by atoms with E-state index in [2.05, 4.69) is 5.32 Å². The summed E-state index contributed by atoms with van der Waals surface area (Å²) >= 11 is 0. The van der Waals surface area contributed by atoms with E-state index in [9.17, 15) is 19.2 Å². The van der Waals surface area contributed by atoms with Crippen LogP contribution in [0, 0.1) is 24.7 Å². The summed E-state index contributed by atoms with van der Waals surface area (Å²) in [6, 6.07) is 16.8. The standard InChI is InChI=1S/C32H39N3O4/c1-22(2)20-33-30(37)28(19-24-9-5-4-6-10-24)35(21-25-15-13-23(3)14-16-25)29(36)17-18-34-31(38)26-11-7-8-12-27(26)32(34)39/h4-10,13-16,22,26-28H,11-12,17-21H2,1-3H3,(H,33,37)/t26-,27+,28-/m0/s1. The molecule has 1 N–H and O–H groups in total. The summed E-state index contributed by atoms with van der Waals surface area (Å²) in [7, 11) is 0. The number of imide groups is 1. The Bertz CT molecular complexity index is 1180. The van der Waals surface area contributed by atoms with Gasteiger partial charge in [-0.1, -0.05) is 86.2 Å². The van der Waals surface area contributed by atoms with Crippen molar-refractivity contribution in [3.8, 4) is 0 Å². The van der Waals surface area contributed by atoms with Gasteiger partial charge in [0.05, 0.1) is 11.8 Å². The summed E-state index contributed by atoms with van der Waals surface area (Å²) in [6.07, 6.45) is 5.37. The minimum absolute atomic E-state index is 0.0273. The molecule has 2 aromatic rings. The maximum atomic E-state index is 13.9. The fourth-order valence-corrected chi connectivity index (χ4v) is 5.31. The van der Waals surface area contributed by atoms with Crippen LogP contribution in [0.5, 0.6) is 0 Å². The van der Waals surface area contributed by atoms with Crippen molar-refractivity contribution in [3.63, 3.8) is 0 Å². The highest BCUT2D eigenvalue weighted by molar-refractivity contribution is 6.05. The molecule has 39 heavy (non-hydrogen) atoms. The van der Waals surface area contributed by atoms with Gasteiger partial charge in [0.25, 0.3) is 0 Å². The van der Waals surface area contributed by atoms with E-state index in [0.29, 0.717) is 25.8 Å². The quantitative estimate of drug-likeness (QED) is 0.352. The summed E-state index contributed by atoms with van der Waals surface area (Å²) in [4.78, 5) is 56.2. The molecule has 7 heteroatoms. The highest BCUT2D eigenvalue weighted by atomic mass is 16.2. The lowest BCUT2D eigenvalue weighted by molar-refractivity contribution is -0.144. The second-order valence-electron chi connectivity index (χ2n) is 11.1. The van der Waals surface area contributed by atoms with Gasteiger partial charge in [-0.05, 0) is 36.8 Å². The van der Waals surface area contributed by atoms with Crippen LogP contribution in [-0.2, 0) is 32.1 Å². The molecule has 0 unspecified atom stereocenters. The lowest BCUT2D eigenvalue weighted by Gasteiger charge is -2.32. The fraction of sp³-hybridized carbons (Fsp3) is 0.438. The van der Waals surface area contributed by atoms with E-state index in [4.69, 9.17) is 0 Å². The molecule has 0 radical (unpaired) electrons. The number of likely N-dealkylation sites (tertiary alicyclic amines) is 1. The monoisotopic (exact) mass is 529 g/mol. The lowest BCUT2D eigenvalue weighted by Crippen LogP contribution is -2.51. The number of nitrogens with one attached hydrogen (secondary N) is 1. The van der Waals surface area contributed by atoms with Crippen LogP contribution in [0.1, 0.15) is 49.8 Å². The number of benzene rings is 2. The molecule has 2 aliphatic rings. The smallest absolute Gasteiger partial charge is 0.243 e. The molecule has 0 aromatic heterocycles. The van der Waals surface area contributed by atoms with Crippen molar-refractivity contribution < 1.29 is 19.2 Å². The zero-order valence-electron chi connectivity index (χ0n) is 23.1. The summed E-state index contributed by atoms with van der Waals surface area (Å²) in [6.45, 7) is 6.84. The third kappa shape index (κ3) is 7.02. The van der Waals surface area contributed by atoms with Gasteiger partial charge in [0.1, 0.15) is 6.04 Å². The predicted molar refractivity (Wildman–Crippen MR) is 150 cm³/mol. The van der Waals surface area contributed by atoms with Gasteiger partial charge in [0.15, 0.2) is 0 Å². The maximum absolute atomic E-state index is 13.9. The number of nitrogens with zero attached hydrogens (tertiary/aromatic N) is 2. The van der Waals surface area contributed by atoms with Crippen molar-refractivity contribution in [1.29, 1.82) is 0 Å². The second kappa shape index (κ2) is 12.9. The highest BCUT2D eigenvalue weighted by Gasteiger charge is 2.47. The molecule has 1 saturated heterocycles. The zero-order chi connectivity index (χ0) is 27.9. The van der Waals surface area contributed by atoms with Gasteiger partial charge in [0.2, 0.25) is 23.6 Å². The Morgan fingerprint density at radius 2 is 1.54 bits per heavy atom. The maximum Gasteiger partial charge on any atom is 0.243 e. The molecule has 206 valence electrons. The first-order valence-electron chi connectivity index (χ1n) is 13.9. The molecule has 3 atom stereocenters. The molecule has 0 bridgehead atoms. The van der Waals surface area contributed by atoms with Crippen LogP contribution in [0.15, 0.2) is 66.7 Å². The van der Waals surface area contributed by atoms with E-state index in [0.717, 1.165) is 16.7 Å². The summed E-state index contributed by atoms with van der Waals surface area (Å²) in [5, 5.41) is 3.02. The molecule has 1 fully saturated rings. The van der Waals surface area contributed by atoms with E-state index in [-0.39, 0.29) is 60.9 Å². The number of amides is 4. The molecular weight excluding hydrogens is 490 g/mol. The molecule has 4 amide bonds. The Morgan fingerprint density at radius 1 is 0.923 bits per heavy atom. The lowest BCUT2D eigenvalue weighted by atomic mass is 9.85. The van der Waals surface area contributed by atoms with Crippen LogP contribution in [0.4, 0.5) is 0 Å². The SMILES string of the molecule is Cc1ccc(CN(C(=O)CCN2C(=O)[C@H]3CC=CC[C@H]3C2=O)[C@@H](Cc2ccccc2)C(=O)NCC(C)C)cc1. The van der Waals surface area contributed by atoms with Gasteiger partial charge >= 0.3 is 0 Å². The molecular formula is C32H39N3O4. The fourth-order valence-electron chi connectivity index (χ4n) is 5.31. The van der Waals surface area contributed by atoms with E-state index in [1.54, 1.807) is 4.90 Å². The van der Waals surface area contributed by atoms with E-state index in [1.165, 1.54) is 4.90 Å². The zero-order valence-corrected chi connectivity index (χ0v) is 23.1. The average molecular weight is 530 g/mol. The van der Waals surface area contributed by atoms with Crippen molar-refractivity contribution >= 4 is 23.6 Å². The third-order valence-electron chi connectivity index (χ3n) is 7.58. The van der Waals surface area contributed by atoms with E-state index < -0.39 is 6.04 Å². The van der Waals surface area contributed by atoms with Gasteiger partial charge in [-0.3, -0.25) is 24.1 Å². The van der Waals surface area contributed by atoms with Crippen molar-refractivity contribution in [1.82, 2.24) is 15.1 Å². The van der Waals surface area contributed by atoms with Crippen LogP contribution >= 0.6 is 0 Å². The summed E-state index contributed by atoms with van der Waals surface area (Å²) in [5.74, 6) is -1.24. The van der Waals surface area contributed by atoms with Gasteiger partial charge in [-0.2, -0.15) is 0 Å². The first-order chi connectivity index (χ1) is 18.7. The molecule has 1 aliphatic heterocycles. The van der Waals surface area contributed by atoms with Crippen LogP contribution in [0.2, 0.25) is 0 Å². The van der Waals surface area contributed by atoms with Gasteiger partial charge in [-0.15, -0.1) is 0 Å². The highest BCUT2D eigenvalue weighted by Crippen LogP contribution is 2.35. The van der Waals surface area contributed by atoms with Crippen LogP contribution in [0.3, 0.4) is 0 Å². The molecule has 2 aromatic carbocycles. The normalized spacial score (nSPS) is 19.2. The Labute approximate surface area is 231 Å². The van der Waals surface area contributed by atoms with Crippen molar-refractivity contribution in [2.45, 2.75) is 59.0 Å². The van der Waals surface area contributed by atoms with Crippen LogP contribution in [0.25, 0.3) is 0 Å². The van der Waals surface area contributed by atoms with Crippen LogP contribution in [-0.4, -0.2) is 52.6 Å². The molecule has 0 spiro atoms. The minimum atomic E-state index is -0.739. The number of carbonyl (C=O) groups excluding carboxylic acids is 4. The molecule has 1 heterocycles.